The second-order valence-electron chi connectivity index (χ2n) is 3.16. The van der Waals surface area contributed by atoms with Crippen molar-refractivity contribution in [3.8, 4) is 0 Å². The van der Waals surface area contributed by atoms with Crippen LogP contribution in [0.5, 0.6) is 0 Å². The van der Waals surface area contributed by atoms with E-state index in [9.17, 15) is 5.11 Å². The van der Waals surface area contributed by atoms with Gasteiger partial charge in [-0.25, -0.2) is 0 Å². The third-order valence-corrected chi connectivity index (χ3v) is 1.94. The molecule has 0 saturated carbocycles. The van der Waals surface area contributed by atoms with Crippen molar-refractivity contribution in [2.75, 3.05) is 13.2 Å². The first-order chi connectivity index (χ1) is 5.81. The Kier molecular flexibility index (Phi) is 8.88. The highest BCUT2D eigenvalue weighted by molar-refractivity contribution is 4.56. The minimum Gasteiger partial charge on any atom is -0.396 e. The summed E-state index contributed by atoms with van der Waals surface area (Å²) < 4.78 is 0. The van der Waals surface area contributed by atoms with Crippen molar-refractivity contribution >= 4 is 0 Å². The van der Waals surface area contributed by atoms with E-state index in [1.807, 2.05) is 0 Å². The van der Waals surface area contributed by atoms with E-state index in [1.54, 1.807) is 0 Å². The molecule has 3 heteroatoms. The van der Waals surface area contributed by atoms with Crippen molar-refractivity contribution in [2.24, 2.45) is 5.73 Å². The monoisotopic (exact) mass is 175 g/mol. The summed E-state index contributed by atoms with van der Waals surface area (Å²) in [5.41, 5.74) is 5.32. The molecule has 0 aliphatic heterocycles. The SMILES string of the molecule is NCCCCC(O)CCCCO. The van der Waals surface area contributed by atoms with Crippen LogP contribution in [0, 0.1) is 0 Å². The summed E-state index contributed by atoms with van der Waals surface area (Å²) in [6.07, 6.45) is 5.19. The third kappa shape index (κ3) is 7.98. The summed E-state index contributed by atoms with van der Waals surface area (Å²) in [6, 6.07) is 0. The third-order valence-electron chi connectivity index (χ3n) is 1.94. The van der Waals surface area contributed by atoms with Crippen molar-refractivity contribution in [1.29, 1.82) is 0 Å². The molecule has 0 radical (unpaired) electrons. The Labute approximate surface area is 74.6 Å². The maximum Gasteiger partial charge on any atom is 0.0540 e. The fourth-order valence-corrected chi connectivity index (χ4v) is 1.16. The maximum absolute atomic E-state index is 9.38. The molecule has 0 heterocycles. The number of unbranched alkanes of at least 4 members (excludes halogenated alkanes) is 2. The van der Waals surface area contributed by atoms with Gasteiger partial charge in [-0.15, -0.1) is 0 Å². The van der Waals surface area contributed by atoms with E-state index in [1.165, 1.54) is 0 Å². The molecule has 0 aliphatic carbocycles. The van der Waals surface area contributed by atoms with E-state index >= 15 is 0 Å². The Balaban J connectivity index is 3.04. The van der Waals surface area contributed by atoms with Gasteiger partial charge in [-0.2, -0.15) is 0 Å². The van der Waals surface area contributed by atoms with E-state index < -0.39 is 0 Å². The van der Waals surface area contributed by atoms with Gasteiger partial charge in [0.15, 0.2) is 0 Å². The molecule has 4 N–H and O–H groups in total. The van der Waals surface area contributed by atoms with Crippen molar-refractivity contribution in [3.05, 3.63) is 0 Å². The Hall–Kier alpha value is -0.120. The normalized spacial score (nSPS) is 13.2. The number of aliphatic hydroxyl groups is 2. The smallest absolute Gasteiger partial charge is 0.0540 e. The van der Waals surface area contributed by atoms with Gasteiger partial charge >= 0.3 is 0 Å². The van der Waals surface area contributed by atoms with E-state index in [4.69, 9.17) is 10.8 Å². The van der Waals surface area contributed by atoms with Crippen LogP contribution in [-0.2, 0) is 0 Å². The number of rotatable bonds is 8. The van der Waals surface area contributed by atoms with Crippen LogP contribution in [0.25, 0.3) is 0 Å². The predicted octanol–water partition coefficient (Wildman–Crippen LogP) is 0.639. The maximum atomic E-state index is 9.38. The Morgan fingerprint density at radius 2 is 1.58 bits per heavy atom. The lowest BCUT2D eigenvalue weighted by atomic mass is 10.1. The molecular weight excluding hydrogens is 154 g/mol. The van der Waals surface area contributed by atoms with E-state index in [-0.39, 0.29) is 12.7 Å². The first kappa shape index (κ1) is 11.9. The zero-order chi connectivity index (χ0) is 9.23. The lowest BCUT2D eigenvalue weighted by molar-refractivity contribution is 0.144. The van der Waals surface area contributed by atoms with Gasteiger partial charge in [0.1, 0.15) is 0 Å². The number of hydrogen-bond acceptors (Lipinski definition) is 3. The molecule has 0 fully saturated rings. The highest BCUT2D eigenvalue weighted by atomic mass is 16.3. The van der Waals surface area contributed by atoms with Gasteiger partial charge in [0.2, 0.25) is 0 Å². The molecule has 1 atom stereocenters. The Morgan fingerprint density at radius 3 is 2.08 bits per heavy atom. The first-order valence-electron chi connectivity index (χ1n) is 4.80. The summed E-state index contributed by atoms with van der Waals surface area (Å²) >= 11 is 0. The van der Waals surface area contributed by atoms with Crippen LogP contribution < -0.4 is 5.73 Å². The Bertz CT molecular complexity index is 78.6. The van der Waals surface area contributed by atoms with Gasteiger partial charge < -0.3 is 15.9 Å². The average molecular weight is 175 g/mol. The standard InChI is InChI=1S/C9H21NO2/c10-7-3-1-5-9(12)6-2-4-8-11/h9,11-12H,1-8,10H2. The second-order valence-corrected chi connectivity index (χ2v) is 3.16. The lowest BCUT2D eigenvalue weighted by Gasteiger charge is -2.08. The van der Waals surface area contributed by atoms with E-state index in [2.05, 4.69) is 0 Å². The highest BCUT2D eigenvalue weighted by Gasteiger charge is 2.02. The van der Waals surface area contributed by atoms with Crippen LogP contribution in [0.3, 0.4) is 0 Å². The molecule has 0 spiro atoms. The van der Waals surface area contributed by atoms with Gasteiger partial charge in [-0.05, 0) is 45.1 Å². The molecule has 1 unspecified atom stereocenters. The zero-order valence-corrected chi connectivity index (χ0v) is 7.71. The summed E-state index contributed by atoms with van der Waals surface area (Å²) in [7, 11) is 0. The fraction of sp³-hybridized carbons (Fsp3) is 1.00. The molecule has 0 aromatic heterocycles. The van der Waals surface area contributed by atoms with Crippen LogP contribution in [-0.4, -0.2) is 29.5 Å². The summed E-state index contributed by atoms with van der Waals surface area (Å²) in [4.78, 5) is 0. The molecule has 74 valence electrons. The topological polar surface area (TPSA) is 66.5 Å². The molecule has 0 bridgehead atoms. The van der Waals surface area contributed by atoms with Crippen molar-refractivity contribution < 1.29 is 10.2 Å². The molecule has 0 amide bonds. The largest absolute Gasteiger partial charge is 0.396 e. The molecule has 0 aromatic carbocycles. The second kappa shape index (κ2) is 8.97. The number of nitrogens with two attached hydrogens (primary N) is 1. The zero-order valence-electron chi connectivity index (χ0n) is 7.71. The van der Waals surface area contributed by atoms with E-state index in [0.717, 1.165) is 38.5 Å². The summed E-state index contributed by atoms with van der Waals surface area (Å²) in [6.45, 7) is 0.943. The molecule has 0 aliphatic rings. The van der Waals surface area contributed by atoms with Gasteiger partial charge in [-0.1, -0.05) is 0 Å². The molecule has 12 heavy (non-hydrogen) atoms. The molecular formula is C9H21NO2. The molecule has 3 nitrogen and oxygen atoms in total. The predicted molar refractivity (Wildman–Crippen MR) is 49.8 cm³/mol. The quantitative estimate of drug-likeness (QED) is 0.474. The van der Waals surface area contributed by atoms with E-state index in [0.29, 0.717) is 6.54 Å². The summed E-state index contributed by atoms with van der Waals surface area (Å²) in [5, 5.41) is 17.9. The van der Waals surface area contributed by atoms with Gasteiger partial charge in [0, 0.05) is 6.61 Å². The van der Waals surface area contributed by atoms with Crippen LogP contribution in [0.15, 0.2) is 0 Å². The Morgan fingerprint density at radius 1 is 1.00 bits per heavy atom. The molecule has 0 saturated heterocycles. The van der Waals surface area contributed by atoms with Crippen LogP contribution in [0.2, 0.25) is 0 Å². The minimum absolute atomic E-state index is 0.192. The molecule has 0 aromatic rings. The van der Waals surface area contributed by atoms with Crippen LogP contribution in [0.4, 0.5) is 0 Å². The van der Waals surface area contributed by atoms with Crippen molar-refractivity contribution in [2.45, 2.75) is 44.6 Å². The summed E-state index contributed by atoms with van der Waals surface area (Å²) in [5.74, 6) is 0. The minimum atomic E-state index is -0.192. The molecule has 0 rings (SSSR count). The van der Waals surface area contributed by atoms with Crippen molar-refractivity contribution in [3.63, 3.8) is 0 Å². The first-order valence-corrected chi connectivity index (χ1v) is 4.80. The van der Waals surface area contributed by atoms with Crippen molar-refractivity contribution in [1.82, 2.24) is 0 Å². The number of aliphatic hydroxyl groups excluding tert-OH is 2. The number of hydrogen-bond donors (Lipinski definition) is 3. The van der Waals surface area contributed by atoms with Gasteiger partial charge in [-0.3, -0.25) is 0 Å². The van der Waals surface area contributed by atoms with Gasteiger partial charge in [0.05, 0.1) is 6.10 Å². The fourth-order valence-electron chi connectivity index (χ4n) is 1.16. The highest BCUT2D eigenvalue weighted by Crippen LogP contribution is 2.07. The van der Waals surface area contributed by atoms with Crippen LogP contribution >= 0.6 is 0 Å². The van der Waals surface area contributed by atoms with Crippen LogP contribution in [0.1, 0.15) is 38.5 Å². The van der Waals surface area contributed by atoms with Gasteiger partial charge in [0.25, 0.3) is 0 Å². The average Bonchev–Trinajstić information content (AvgIpc) is 2.06. The lowest BCUT2D eigenvalue weighted by Crippen LogP contribution is -2.08.